The summed E-state index contributed by atoms with van der Waals surface area (Å²) in [6.07, 6.45) is 0.526. The van der Waals surface area contributed by atoms with Crippen molar-refractivity contribution in [2.45, 2.75) is 18.4 Å². The van der Waals surface area contributed by atoms with Crippen molar-refractivity contribution in [1.82, 2.24) is 4.90 Å². The largest absolute Gasteiger partial charge is 0.497 e. The SMILES string of the molecule is COc1cccc(CC(=O)N2CCO[C@](Cc3ccc(-c4ccccc4)cc3)(C(N)=O)C2)c1. The van der Waals surface area contributed by atoms with Crippen molar-refractivity contribution in [1.29, 1.82) is 0 Å². The molecule has 1 heterocycles. The van der Waals surface area contributed by atoms with Gasteiger partial charge in [-0.25, -0.2) is 0 Å². The third-order valence-electron chi connectivity index (χ3n) is 6.03. The number of nitrogens with two attached hydrogens (primary N) is 1. The Kier molecular flexibility index (Phi) is 6.75. The minimum atomic E-state index is -1.25. The highest BCUT2D eigenvalue weighted by molar-refractivity contribution is 5.86. The maximum atomic E-state index is 13.0. The Morgan fingerprint density at radius 1 is 0.970 bits per heavy atom. The van der Waals surface area contributed by atoms with E-state index in [0.717, 1.165) is 22.3 Å². The molecule has 1 fully saturated rings. The van der Waals surface area contributed by atoms with E-state index >= 15 is 0 Å². The lowest BCUT2D eigenvalue weighted by molar-refractivity contribution is -0.163. The standard InChI is InChI=1S/C27H28N2O4/c1-32-24-9-5-6-21(16-24)17-25(30)29-14-15-33-27(19-29,26(28)31)18-20-10-12-23(13-11-20)22-7-3-2-4-8-22/h2-13,16H,14-15,17-19H2,1H3,(H2,28,31)/t27-/m0/s1. The van der Waals surface area contributed by atoms with Crippen LogP contribution in [-0.4, -0.2) is 49.1 Å². The van der Waals surface area contributed by atoms with Gasteiger partial charge in [-0.3, -0.25) is 9.59 Å². The average Bonchev–Trinajstić information content (AvgIpc) is 2.85. The second-order valence-corrected chi connectivity index (χ2v) is 8.29. The van der Waals surface area contributed by atoms with Crippen molar-refractivity contribution in [2.24, 2.45) is 5.73 Å². The van der Waals surface area contributed by atoms with Crippen LogP contribution >= 0.6 is 0 Å². The summed E-state index contributed by atoms with van der Waals surface area (Å²) in [5.41, 5.74) is 8.54. The fourth-order valence-corrected chi connectivity index (χ4v) is 4.18. The Labute approximate surface area is 193 Å². The van der Waals surface area contributed by atoms with Crippen LogP contribution in [0.2, 0.25) is 0 Å². The fourth-order valence-electron chi connectivity index (χ4n) is 4.18. The first-order valence-electron chi connectivity index (χ1n) is 11.0. The normalized spacial score (nSPS) is 18.0. The van der Waals surface area contributed by atoms with Gasteiger partial charge < -0.3 is 20.1 Å². The van der Waals surface area contributed by atoms with E-state index in [1.54, 1.807) is 12.0 Å². The van der Waals surface area contributed by atoms with Crippen LogP contribution in [0.4, 0.5) is 0 Å². The number of morpholine rings is 1. The maximum Gasteiger partial charge on any atom is 0.251 e. The van der Waals surface area contributed by atoms with E-state index in [-0.39, 0.29) is 25.5 Å². The quantitative estimate of drug-likeness (QED) is 0.607. The number of amides is 2. The van der Waals surface area contributed by atoms with E-state index in [1.807, 2.05) is 66.7 Å². The van der Waals surface area contributed by atoms with Crippen molar-refractivity contribution in [3.63, 3.8) is 0 Å². The molecule has 0 aromatic heterocycles. The van der Waals surface area contributed by atoms with Gasteiger partial charge in [0.25, 0.3) is 5.91 Å². The van der Waals surface area contributed by atoms with Gasteiger partial charge in [0.05, 0.1) is 26.7 Å². The molecule has 6 nitrogen and oxygen atoms in total. The first-order chi connectivity index (χ1) is 16.0. The van der Waals surface area contributed by atoms with E-state index in [9.17, 15) is 9.59 Å². The molecule has 4 rings (SSSR count). The number of hydrogen-bond acceptors (Lipinski definition) is 4. The van der Waals surface area contributed by atoms with Crippen LogP contribution in [0.5, 0.6) is 5.75 Å². The molecule has 170 valence electrons. The fraction of sp³-hybridized carbons (Fsp3) is 0.259. The first-order valence-corrected chi connectivity index (χ1v) is 11.0. The molecular weight excluding hydrogens is 416 g/mol. The molecule has 1 aliphatic heterocycles. The summed E-state index contributed by atoms with van der Waals surface area (Å²) in [4.78, 5) is 27.2. The van der Waals surface area contributed by atoms with Crippen molar-refractivity contribution >= 4 is 11.8 Å². The predicted octanol–water partition coefficient (Wildman–Crippen LogP) is 3.23. The van der Waals surface area contributed by atoms with Crippen molar-refractivity contribution < 1.29 is 19.1 Å². The minimum Gasteiger partial charge on any atom is -0.497 e. The summed E-state index contributed by atoms with van der Waals surface area (Å²) < 4.78 is 11.2. The zero-order valence-corrected chi connectivity index (χ0v) is 18.7. The van der Waals surface area contributed by atoms with Crippen LogP contribution in [-0.2, 0) is 27.2 Å². The summed E-state index contributed by atoms with van der Waals surface area (Å²) in [6, 6.07) is 25.5. The molecule has 2 amide bonds. The number of primary amides is 1. The highest BCUT2D eigenvalue weighted by Gasteiger charge is 2.43. The smallest absolute Gasteiger partial charge is 0.251 e. The molecule has 2 N–H and O–H groups in total. The monoisotopic (exact) mass is 444 g/mol. The first kappa shape index (κ1) is 22.6. The summed E-state index contributed by atoms with van der Waals surface area (Å²) in [6.45, 7) is 0.811. The lowest BCUT2D eigenvalue weighted by Crippen LogP contribution is -2.61. The number of methoxy groups -OCH3 is 1. The zero-order chi connectivity index (χ0) is 23.3. The number of carbonyl (C=O) groups is 2. The van der Waals surface area contributed by atoms with Gasteiger partial charge in [0.1, 0.15) is 5.75 Å². The third-order valence-corrected chi connectivity index (χ3v) is 6.03. The molecule has 0 saturated carbocycles. The van der Waals surface area contributed by atoms with E-state index in [1.165, 1.54) is 0 Å². The lowest BCUT2D eigenvalue weighted by atomic mass is 9.90. The number of benzene rings is 3. The highest BCUT2D eigenvalue weighted by atomic mass is 16.5. The molecule has 0 aliphatic carbocycles. The van der Waals surface area contributed by atoms with Gasteiger partial charge in [0.15, 0.2) is 5.60 Å². The van der Waals surface area contributed by atoms with Gasteiger partial charge in [0.2, 0.25) is 5.91 Å². The second-order valence-electron chi connectivity index (χ2n) is 8.29. The number of nitrogens with zero attached hydrogens (tertiary/aromatic N) is 1. The Hall–Kier alpha value is -3.64. The Morgan fingerprint density at radius 2 is 1.70 bits per heavy atom. The van der Waals surface area contributed by atoms with Gasteiger partial charge in [-0.15, -0.1) is 0 Å². The van der Waals surface area contributed by atoms with Crippen molar-refractivity contribution in [2.75, 3.05) is 26.8 Å². The average molecular weight is 445 g/mol. The molecule has 1 saturated heterocycles. The second kappa shape index (κ2) is 9.88. The predicted molar refractivity (Wildman–Crippen MR) is 127 cm³/mol. The molecule has 0 spiro atoms. The number of rotatable bonds is 7. The van der Waals surface area contributed by atoms with Crippen molar-refractivity contribution in [3.05, 3.63) is 90.0 Å². The van der Waals surface area contributed by atoms with Crippen LogP contribution in [0, 0.1) is 0 Å². The molecule has 3 aromatic carbocycles. The van der Waals surface area contributed by atoms with Gasteiger partial charge in [-0.2, -0.15) is 0 Å². The topological polar surface area (TPSA) is 81.9 Å². The van der Waals surface area contributed by atoms with Gasteiger partial charge in [-0.1, -0.05) is 66.7 Å². The van der Waals surface area contributed by atoms with E-state index < -0.39 is 11.5 Å². The van der Waals surface area contributed by atoms with E-state index in [2.05, 4.69) is 12.1 Å². The van der Waals surface area contributed by atoms with Crippen molar-refractivity contribution in [3.8, 4) is 16.9 Å². The molecule has 1 aliphatic rings. The Balaban J connectivity index is 1.48. The van der Waals surface area contributed by atoms with Crippen LogP contribution in [0.1, 0.15) is 11.1 Å². The molecule has 0 unspecified atom stereocenters. The van der Waals surface area contributed by atoms with Gasteiger partial charge in [-0.05, 0) is 34.4 Å². The number of ether oxygens (including phenoxy) is 2. The van der Waals surface area contributed by atoms with E-state index in [4.69, 9.17) is 15.2 Å². The molecular formula is C27H28N2O4. The third kappa shape index (κ3) is 5.23. The summed E-state index contributed by atoms with van der Waals surface area (Å²) in [5, 5.41) is 0. The van der Waals surface area contributed by atoms with Crippen LogP contribution < -0.4 is 10.5 Å². The van der Waals surface area contributed by atoms with Crippen LogP contribution in [0.3, 0.4) is 0 Å². The molecule has 33 heavy (non-hydrogen) atoms. The number of carbonyl (C=O) groups excluding carboxylic acids is 2. The molecule has 6 heteroatoms. The van der Waals surface area contributed by atoms with Crippen LogP contribution in [0.15, 0.2) is 78.9 Å². The van der Waals surface area contributed by atoms with Gasteiger partial charge in [0, 0.05) is 13.0 Å². The molecule has 1 atom stereocenters. The molecule has 0 bridgehead atoms. The van der Waals surface area contributed by atoms with E-state index in [0.29, 0.717) is 18.7 Å². The summed E-state index contributed by atoms with van der Waals surface area (Å²) in [5.74, 6) is 0.0674. The summed E-state index contributed by atoms with van der Waals surface area (Å²) in [7, 11) is 1.59. The summed E-state index contributed by atoms with van der Waals surface area (Å²) >= 11 is 0. The molecule has 3 aromatic rings. The minimum absolute atomic E-state index is 0.0726. The lowest BCUT2D eigenvalue weighted by Gasteiger charge is -2.41. The van der Waals surface area contributed by atoms with Crippen LogP contribution in [0.25, 0.3) is 11.1 Å². The molecule has 0 radical (unpaired) electrons. The zero-order valence-electron chi connectivity index (χ0n) is 18.7. The Bertz CT molecular complexity index is 1110. The highest BCUT2D eigenvalue weighted by Crippen LogP contribution is 2.26. The number of hydrogen-bond donors (Lipinski definition) is 1. The van der Waals surface area contributed by atoms with Gasteiger partial charge >= 0.3 is 0 Å². The maximum absolute atomic E-state index is 13.0. The Morgan fingerprint density at radius 3 is 2.39 bits per heavy atom.